The Morgan fingerprint density at radius 2 is 1.85 bits per heavy atom. The van der Waals surface area contributed by atoms with Gasteiger partial charge >= 0.3 is 0 Å². The molecule has 1 saturated carbocycles. The molecule has 0 bridgehead atoms. The molecule has 1 spiro atoms. The number of para-hydroxylation sites is 1. The van der Waals surface area contributed by atoms with Crippen molar-refractivity contribution in [2.75, 3.05) is 11.2 Å². The molecule has 2 aromatic rings. The van der Waals surface area contributed by atoms with Gasteiger partial charge in [-0.2, -0.15) is 0 Å². The van der Waals surface area contributed by atoms with Gasteiger partial charge in [0.2, 0.25) is 0 Å². The fourth-order valence-electron chi connectivity index (χ4n) is 4.16. The average Bonchev–Trinajstić information content (AvgIpc) is 2.95. The van der Waals surface area contributed by atoms with E-state index < -0.39 is 0 Å². The lowest BCUT2D eigenvalue weighted by molar-refractivity contribution is 0.385. The third-order valence-corrected chi connectivity index (χ3v) is 6.39. The highest BCUT2D eigenvalue weighted by molar-refractivity contribution is 8.13. The van der Waals surface area contributed by atoms with E-state index in [4.69, 9.17) is 21.6 Å². The van der Waals surface area contributed by atoms with Gasteiger partial charge in [-0.1, -0.05) is 66.9 Å². The molecule has 1 aliphatic heterocycles. The first-order chi connectivity index (χ1) is 13.1. The number of thioether (sulfide) groups is 1. The average molecular weight is 398 g/mol. The highest BCUT2D eigenvalue weighted by Crippen LogP contribution is 2.46. The summed E-state index contributed by atoms with van der Waals surface area (Å²) in [6, 6.07) is 16.4. The smallest absolute Gasteiger partial charge is 0.171 e. The topological polar surface area (TPSA) is 28.0 Å². The SMILES string of the molecule is CSC1=NC(=Nc2cccc(C)c2)C2(CCCCC2)N1c1ccccc1Cl. The number of rotatable bonds is 2. The summed E-state index contributed by atoms with van der Waals surface area (Å²) in [5.74, 6) is 0.928. The van der Waals surface area contributed by atoms with Crippen molar-refractivity contribution in [2.24, 2.45) is 9.98 Å². The number of hydrogen-bond donors (Lipinski definition) is 0. The van der Waals surface area contributed by atoms with Crippen LogP contribution in [0.25, 0.3) is 0 Å². The summed E-state index contributed by atoms with van der Waals surface area (Å²) in [6.07, 6.45) is 7.82. The summed E-state index contributed by atoms with van der Waals surface area (Å²) in [5.41, 5.74) is 3.01. The Morgan fingerprint density at radius 3 is 2.56 bits per heavy atom. The standard InChI is InChI=1S/C22H24ClN3S/c1-16-9-8-10-17(15-16)24-20-22(13-6-3-7-14-22)26(21(25-20)27-2)19-12-5-4-11-18(19)23/h4-5,8-12,15H,3,6-7,13-14H2,1-2H3. The van der Waals surface area contributed by atoms with Crippen molar-refractivity contribution in [1.82, 2.24) is 0 Å². The second-order valence-corrected chi connectivity index (χ2v) is 8.43. The van der Waals surface area contributed by atoms with Gasteiger partial charge in [0.1, 0.15) is 5.54 Å². The normalized spacial score (nSPS) is 20.3. The van der Waals surface area contributed by atoms with Crippen LogP contribution in [0.15, 0.2) is 58.5 Å². The fraction of sp³-hybridized carbons (Fsp3) is 0.364. The summed E-state index contributed by atoms with van der Waals surface area (Å²) in [7, 11) is 0. The largest absolute Gasteiger partial charge is 0.306 e. The van der Waals surface area contributed by atoms with Gasteiger partial charge in [0.15, 0.2) is 11.0 Å². The van der Waals surface area contributed by atoms with Crippen LogP contribution < -0.4 is 4.90 Å². The van der Waals surface area contributed by atoms with Gasteiger partial charge < -0.3 is 4.90 Å². The van der Waals surface area contributed by atoms with Crippen molar-refractivity contribution < 1.29 is 0 Å². The first-order valence-electron chi connectivity index (χ1n) is 9.47. The predicted molar refractivity (Wildman–Crippen MR) is 119 cm³/mol. The maximum Gasteiger partial charge on any atom is 0.171 e. The molecule has 0 unspecified atom stereocenters. The van der Waals surface area contributed by atoms with E-state index in [-0.39, 0.29) is 5.54 Å². The molecule has 0 N–H and O–H groups in total. The number of halogens is 1. The van der Waals surface area contributed by atoms with Gasteiger partial charge in [-0.3, -0.25) is 0 Å². The predicted octanol–water partition coefficient (Wildman–Crippen LogP) is 6.62. The molecule has 1 aliphatic carbocycles. The zero-order valence-electron chi connectivity index (χ0n) is 15.8. The Hall–Kier alpha value is -1.78. The van der Waals surface area contributed by atoms with E-state index in [9.17, 15) is 0 Å². The van der Waals surface area contributed by atoms with E-state index in [0.29, 0.717) is 0 Å². The number of aliphatic imine (C=N–C) groups is 2. The van der Waals surface area contributed by atoms with Gasteiger partial charge in [0.25, 0.3) is 0 Å². The van der Waals surface area contributed by atoms with Crippen molar-refractivity contribution in [2.45, 2.75) is 44.6 Å². The molecule has 1 heterocycles. The molecular weight excluding hydrogens is 374 g/mol. The van der Waals surface area contributed by atoms with Gasteiger partial charge in [0, 0.05) is 0 Å². The van der Waals surface area contributed by atoms with E-state index in [1.165, 1.54) is 24.8 Å². The number of nitrogens with zero attached hydrogens (tertiary/aromatic N) is 3. The Bertz CT molecular complexity index is 900. The lowest BCUT2D eigenvalue weighted by atomic mass is 9.79. The Kier molecular flexibility index (Phi) is 5.29. The molecular formula is C22H24ClN3S. The third-order valence-electron chi connectivity index (χ3n) is 5.43. The summed E-state index contributed by atoms with van der Waals surface area (Å²) >= 11 is 8.28. The van der Waals surface area contributed by atoms with Crippen molar-refractivity contribution in [3.8, 4) is 0 Å². The lowest BCUT2D eigenvalue weighted by Gasteiger charge is -2.42. The molecule has 0 saturated heterocycles. The molecule has 3 nitrogen and oxygen atoms in total. The van der Waals surface area contributed by atoms with Crippen LogP contribution in [0.3, 0.4) is 0 Å². The van der Waals surface area contributed by atoms with Crippen molar-refractivity contribution in [3.63, 3.8) is 0 Å². The molecule has 0 radical (unpaired) electrons. The van der Waals surface area contributed by atoms with Crippen LogP contribution in [-0.2, 0) is 0 Å². The van der Waals surface area contributed by atoms with Crippen LogP contribution in [-0.4, -0.2) is 22.8 Å². The molecule has 5 heteroatoms. The number of hydrogen-bond acceptors (Lipinski definition) is 3. The summed E-state index contributed by atoms with van der Waals surface area (Å²) < 4.78 is 0. The van der Waals surface area contributed by atoms with E-state index >= 15 is 0 Å². The number of anilines is 1. The van der Waals surface area contributed by atoms with E-state index in [1.54, 1.807) is 11.8 Å². The maximum atomic E-state index is 6.61. The first kappa shape index (κ1) is 18.6. The van der Waals surface area contributed by atoms with E-state index in [2.05, 4.69) is 48.4 Å². The molecule has 2 aliphatic rings. The number of amidine groups is 2. The zero-order chi connectivity index (χ0) is 18.9. The molecule has 140 valence electrons. The minimum Gasteiger partial charge on any atom is -0.306 e. The van der Waals surface area contributed by atoms with Gasteiger partial charge in [0.05, 0.1) is 16.4 Å². The van der Waals surface area contributed by atoms with Crippen LogP contribution in [0, 0.1) is 6.92 Å². The first-order valence-corrected chi connectivity index (χ1v) is 11.1. The second-order valence-electron chi connectivity index (χ2n) is 7.25. The van der Waals surface area contributed by atoms with Crippen LogP contribution in [0.5, 0.6) is 0 Å². The van der Waals surface area contributed by atoms with Crippen LogP contribution in [0.2, 0.25) is 5.02 Å². The molecule has 1 fully saturated rings. The van der Waals surface area contributed by atoms with Gasteiger partial charge in [-0.05, 0) is 55.9 Å². The van der Waals surface area contributed by atoms with Crippen LogP contribution in [0.1, 0.15) is 37.7 Å². The van der Waals surface area contributed by atoms with Crippen molar-refractivity contribution in [1.29, 1.82) is 0 Å². The highest BCUT2D eigenvalue weighted by atomic mass is 35.5. The molecule has 0 aromatic heterocycles. The maximum absolute atomic E-state index is 6.61. The highest BCUT2D eigenvalue weighted by Gasteiger charge is 2.50. The molecule has 0 atom stereocenters. The Balaban J connectivity index is 1.87. The summed E-state index contributed by atoms with van der Waals surface area (Å²) in [4.78, 5) is 12.4. The van der Waals surface area contributed by atoms with E-state index in [0.717, 1.165) is 40.2 Å². The third kappa shape index (κ3) is 3.41. The quantitative estimate of drug-likeness (QED) is 0.569. The second kappa shape index (κ2) is 7.69. The fourth-order valence-corrected chi connectivity index (χ4v) is 5.02. The van der Waals surface area contributed by atoms with Crippen LogP contribution >= 0.6 is 23.4 Å². The minimum absolute atomic E-state index is 0.203. The van der Waals surface area contributed by atoms with Gasteiger partial charge in [-0.15, -0.1) is 0 Å². The monoisotopic (exact) mass is 397 g/mol. The minimum atomic E-state index is -0.203. The van der Waals surface area contributed by atoms with Gasteiger partial charge in [-0.25, -0.2) is 9.98 Å². The zero-order valence-corrected chi connectivity index (χ0v) is 17.4. The van der Waals surface area contributed by atoms with Crippen LogP contribution in [0.4, 0.5) is 11.4 Å². The van der Waals surface area contributed by atoms with Crippen molar-refractivity contribution in [3.05, 3.63) is 59.1 Å². The summed E-state index contributed by atoms with van der Waals surface area (Å²) in [6.45, 7) is 2.10. The lowest BCUT2D eigenvalue weighted by Crippen LogP contribution is -2.52. The Morgan fingerprint density at radius 1 is 1.07 bits per heavy atom. The number of aryl methyl sites for hydroxylation is 1. The molecule has 4 rings (SSSR count). The molecule has 2 aromatic carbocycles. The van der Waals surface area contributed by atoms with E-state index in [1.807, 2.05) is 18.2 Å². The molecule has 27 heavy (non-hydrogen) atoms. The number of benzene rings is 2. The molecule has 0 amide bonds. The Labute approximate surface area is 170 Å². The van der Waals surface area contributed by atoms with Crippen molar-refractivity contribution >= 4 is 45.7 Å². The summed E-state index contributed by atoms with van der Waals surface area (Å²) in [5, 5.41) is 1.75.